The number of hydrogen-bond acceptors (Lipinski definition) is 4. The fraction of sp³-hybridized carbons (Fsp3) is 0.462. The van der Waals surface area contributed by atoms with E-state index in [1.54, 1.807) is 12.1 Å². The van der Waals surface area contributed by atoms with Crippen molar-refractivity contribution < 1.29 is 8.42 Å². The number of nitrogens with one attached hydrogen (secondary N) is 1. The van der Waals surface area contributed by atoms with Gasteiger partial charge in [0, 0.05) is 12.1 Å². The average molecular weight is 279 g/mol. The predicted molar refractivity (Wildman–Crippen MR) is 71.7 cm³/mol. The van der Waals surface area contributed by atoms with Crippen LogP contribution in [0.25, 0.3) is 0 Å². The zero-order valence-corrected chi connectivity index (χ0v) is 11.4. The van der Waals surface area contributed by atoms with Crippen molar-refractivity contribution in [2.24, 2.45) is 5.73 Å². The highest BCUT2D eigenvalue weighted by Crippen LogP contribution is 2.19. The van der Waals surface area contributed by atoms with Crippen LogP contribution >= 0.6 is 0 Å². The standard InChI is InChI=1S/C13H17N3O2S/c14-9-10-4-3-5-11(8-10)19(17,18)16-13-7-2-1-6-12(13)15/h3-5,8,12-13,16H,1-2,6-7,15H2. The molecule has 0 bridgehead atoms. The minimum Gasteiger partial charge on any atom is -0.326 e. The molecule has 1 saturated carbocycles. The summed E-state index contributed by atoms with van der Waals surface area (Å²) in [5, 5.41) is 8.81. The summed E-state index contributed by atoms with van der Waals surface area (Å²) in [6.07, 6.45) is 3.63. The van der Waals surface area contributed by atoms with Crippen LogP contribution < -0.4 is 10.5 Å². The van der Waals surface area contributed by atoms with Crippen LogP contribution in [0.4, 0.5) is 0 Å². The van der Waals surface area contributed by atoms with Crippen molar-refractivity contribution in [1.29, 1.82) is 5.26 Å². The van der Waals surface area contributed by atoms with Gasteiger partial charge in [-0.25, -0.2) is 13.1 Å². The Labute approximate surface area is 113 Å². The smallest absolute Gasteiger partial charge is 0.240 e. The number of nitriles is 1. The molecule has 0 aliphatic heterocycles. The minimum absolute atomic E-state index is 0.115. The van der Waals surface area contributed by atoms with E-state index < -0.39 is 10.0 Å². The SMILES string of the molecule is N#Cc1cccc(S(=O)(=O)NC2CCCCC2N)c1. The monoisotopic (exact) mass is 279 g/mol. The van der Waals surface area contributed by atoms with Gasteiger partial charge < -0.3 is 5.73 Å². The Morgan fingerprint density at radius 2 is 2.05 bits per heavy atom. The van der Waals surface area contributed by atoms with Gasteiger partial charge in [0.1, 0.15) is 0 Å². The molecular weight excluding hydrogens is 262 g/mol. The summed E-state index contributed by atoms with van der Waals surface area (Å²) in [6.45, 7) is 0. The quantitative estimate of drug-likeness (QED) is 0.866. The van der Waals surface area contributed by atoms with Crippen molar-refractivity contribution in [3.05, 3.63) is 29.8 Å². The molecule has 0 amide bonds. The third-order valence-corrected chi connectivity index (χ3v) is 4.89. The number of hydrogen-bond donors (Lipinski definition) is 2. The van der Waals surface area contributed by atoms with Crippen molar-refractivity contribution in [3.8, 4) is 6.07 Å². The van der Waals surface area contributed by atoms with Crippen molar-refractivity contribution >= 4 is 10.0 Å². The number of benzene rings is 1. The van der Waals surface area contributed by atoms with Gasteiger partial charge >= 0.3 is 0 Å². The summed E-state index contributed by atoms with van der Waals surface area (Å²) in [6, 6.07) is 7.57. The molecule has 0 saturated heterocycles. The van der Waals surface area contributed by atoms with Crippen LogP contribution in [0, 0.1) is 11.3 Å². The maximum absolute atomic E-state index is 12.2. The topological polar surface area (TPSA) is 96.0 Å². The van der Waals surface area contributed by atoms with Gasteiger partial charge in [0.25, 0.3) is 0 Å². The van der Waals surface area contributed by atoms with Crippen molar-refractivity contribution in [3.63, 3.8) is 0 Å². The first kappa shape index (κ1) is 14.0. The second kappa shape index (κ2) is 5.70. The van der Waals surface area contributed by atoms with Crippen LogP contribution in [-0.2, 0) is 10.0 Å². The molecule has 6 heteroatoms. The van der Waals surface area contributed by atoms with E-state index in [1.165, 1.54) is 12.1 Å². The summed E-state index contributed by atoms with van der Waals surface area (Å²) in [5.74, 6) is 0. The highest BCUT2D eigenvalue weighted by molar-refractivity contribution is 7.89. The van der Waals surface area contributed by atoms with E-state index in [-0.39, 0.29) is 17.0 Å². The number of nitrogens with two attached hydrogens (primary N) is 1. The summed E-state index contributed by atoms with van der Waals surface area (Å²) in [5.41, 5.74) is 6.27. The lowest BCUT2D eigenvalue weighted by Gasteiger charge is -2.29. The fourth-order valence-corrected chi connectivity index (χ4v) is 3.67. The van der Waals surface area contributed by atoms with Crippen LogP contribution in [0.5, 0.6) is 0 Å². The molecule has 1 aromatic carbocycles. The predicted octanol–water partition coefficient (Wildman–Crippen LogP) is 1.11. The Balaban J connectivity index is 2.20. The molecule has 2 rings (SSSR count). The Morgan fingerprint density at radius 1 is 1.32 bits per heavy atom. The number of nitrogens with zero attached hydrogens (tertiary/aromatic N) is 1. The number of rotatable bonds is 3. The van der Waals surface area contributed by atoms with E-state index in [1.807, 2.05) is 6.07 Å². The average Bonchev–Trinajstić information content (AvgIpc) is 2.41. The van der Waals surface area contributed by atoms with E-state index in [9.17, 15) is 8.42 Å². The van der Waals surface area contributed by atoms with E-state index in [2.05, 4.69) is 4.72 Å². The van der Waals surface area contributed by atoms with Crippen molar-refractivity contribution in [2.75, 3.05) is 0 Å². The van der Waals surface area contributed by atoms with Gasteiger partial charge in [0.2, 0.25) is 10.0 Å². The largest absolute Gasteiger partial charge is 0.326 e. The third kappa shape index (κ3) is 3.32. The lowest BCUT2D eigenvalue weighted by Crippen LogP contribution is -2.49. The molecule has 1 aliphatic rings. The molecule has 3 N–H and O–H groups in total. The Morgan fingerprint density at radius 3 is 2.74 bits per heavy atom. The second-order valence-corrected chi connectivity index (χ2v) is 6.53. The molecule has 1 aromatic rings. The third-order valence-electron chi connectivity index (χ3n) is 3.40. The zero-order valence-electron chi connectivity index (χ0n) is 10.5. The van der Waals surface area contributed by atoms with E-state index >= 15 is 0 Å². The van der Waals surface area contributed by atoms with Gasteiger partial charge in [-0.3, -0.25) is 0 Å². The molecule has 1 aliphatic carbocycles. The van der Waals surface area contributed by atoms with Crippen molar-refractivity contribution in [2.45, 2.75) is 42.7 Å². The van der Waals surface area contributed by atoms with E-state index in [4.69, 9.17) is 11.0 Å². The summed E-state index contributed by atoms with van der Waals surface area (Å²) < 4.78 is 27.1. The van der Waals surface area contributed by atoms with E-state index in [0.717, 1.165) is 25.7 Å². The highest BCUT2D eigenvalue weighted by atomic mass is 32.2. The summed E-state index contributed by atoms with van der Waals surface area (Å²) in [4.78, 5) is 0.115. The molecule has 19 heavy (non-hydrogen) atoms. The highest BCUT2D eigenvalue weighted by Gasteiger charge is 2.27. The van der Waals surface area contributed by atoms with Crippen LogP contribution in [0.15, 0.2) is 29.2 Å². The maximum Gasteiger partial charge on any atom is 0.240 e. The molecular formula is C13H17N3O2S. The van der Waals surface area contributed by atoms with Crippen LogP contribution in [0.2, 0.25) is 0 Å². The molecule has 0 spiro atoms. The normalized spacial score (nSPS) is 23.8. The minimum atomic E-state index is -3.61. The zero-order chi connectivity index (χ0) is 13.9. The molecule has 102 valence electrons. The first-order chi connectivity index (χ1) is 9.03. The molecule has 2 atom stereocenters. The molecule has 0 radical (unpaired) electrons. The lowest BCUT2D eigenvalue weighted by atomic mass is 9.92. The maximum atomic E-state index is 12.2. The first-order valence-corrected chi connectivity index (χ1v) is 7.79. The van der Waals surface area contributed by atoms with Crippen LogP contribution in [0.3, 0.4) is 0 Å². The van der Waals surface area contributed by atoms with Crippen molar-refractivity contribution in [1.82, 2.24) is 4.72 Å². The Kier molecular flexibility index (Phi) is 4.20. The van der Waals surface area contributed by atoms with Gasteiger partial charge in [0.15, 0.2) is 0 Å². The van der Waals surface area contributed by atoms with Gasteiger partial charge in [-0.1, -0.05) is 18.9 Å². The first-order valence-electron chi connectivity index (χ1n) is 6.31. The van der Waals surface area contributed by atoms with Gasteiger partial charge in [-0.05, 0) is 31.0 Å². The molecule has 0 heterocycles. The summed E-state index contributed by atoms with van der Waals surface area (Å²) in [7, 11) is -3.61. The van der Waals surface area contributed by atoms with E-state index in [0.29, 0.717) is 5.56 Å². The van der Waals surface area contributed by atoms with Crippen LogP contribution in [-0.4, -0.2) is 20.5 Å². The Bertz CT molecular complexity index is 592. The van der Waals surface area contributed by atoms with Crippen LogP contribution in [0.1, 0.15) is 31.2 Å². The Hall–Kier alpha value is -1.42. The molecule has 0 aromatic heterocycles. The molecule has 5 nitrogen and oxygen atoms in total. The summed E-state index contributed by atoms with van der Waals surface area (Å²) >= 11 is 0. The fourth-order valence-electron chi connectivity index (χ4n) is 2.31. The van der Waals surface area contributed by atoms with Gasteiger partial charge in [-0.15, -0.1) is 0 Å². The van der Waals surface area contributed by atoms with Gasteiger partial charge in [-0.2, -0.15) is 5.26 Å². The molecule has 2 unspecified atom stereocenters. The second-order valence-electron chi connectivity index (χ2n) is 4.82. The molecule has 1 fully saturated rings. The van der Waals surface area contributed by atoms with Gasteiger partial charge in [0.05, 0.1) is 16.5 Å². The lowest BCUT2D eigenvalue weighted by molar-refractivity contribution is 0.361. The number of sulfonamides is 1.